The first-order valence-electron chi connectivity index (χ1n) is 7.02. The third kappa shape index (κ3) is 3.28. The van der Waals surface area contributed by atoms with Gasteiger partial charge in [-0.05, 0) is 31.6 Å². The molecule has 0 unspecified atom stereocenters. The van der Waals surface area contributed by atoms with Crippen molar-refractivity contribution in [3.8, 4) is 5.88 Å². The van der Waals surface area contributed by atoms with Gasteiger partial charge in [0.1, 0.15) is 12.0 Å². The predicted octanol–water partition coefficient (Wildman–Crippen LogP) is 2.47. The highest BCUT2D eigenvalue weighted by atomic mass is 16.5. The van der Waals surface area contributed by atoms with E-state index < -0.39 is 0 Å². The number of hydrogen-bond donors (Lipinski definition) is 1. The fraction of sp³-hybridized carbons (Fsp3) is 0.714. The molecule has 1 aromatic heterocycles. The normalized spacial score (nSPS) is 19.0. The molecule has 0 atom stereocenters. The van der Waals surface area contributed by atoms with Gasteiger partial charge in [0.2, 0.25) is 5.88 Å². The van der Waals surface area contributed by atoms with Gasteiger partial charge in [0.25, 0.3) is 0 Å². The SMILES string of the molecule is CCOc1ncnc(N2CCCC(C)(C)CC2)c1N. The fourth-order valence-corrected chi connectivity index (χ4v) is 2.51. The number of aromatic nitrogens is 2. The van der Waals surface area contributed by atoms with E-state index in [1.54, 1.807) is 0 Å². The lowest BCUT2D eigenvalue weighted by Crippen LogP contribution is -2.27. The summed E-state index contributed by atoms with van der Waals surface area (Å²) in [6.45, 7) is 9.12. The van der Waals surface area contributed by atoms with Gasteiger partial charge in [0, 0.05) is 13.1 Å². The second-order valence-corrected chi connectivity index (χ2v) is 5.85. The molecule has 19 heavy (non-hydrogen) atoms. The van der Waals surface area contributed by atoms with Crippen LogP contribution < -0.4 is 15.4 Å². The summed E-state index contributed by atoms with van der Waals surface area (Å²) in [5.41, 5.74) is 7.09. The average molecular weight is 264 g/mol. The van der Waals surface area contributed by atoms with Gasteiger partial charge in [-0.1, -0.05) is 13.8 Å². The lowest BCUT2D eigenvalue weighted by molar-refractivity contribution is 0.324. The lowest BCUT2D eigenvalue weighted by Gasteiger charge is -2.25. The molecule has 0 saturated carbocycles. The summed E-state index contributed by atoms with van der Waals surface area (Å²) in [5.74, 6) is 1.31. The summed E-state index contributed by atoms with van der Waals surface area (Å²) in [6, 6.07) is 0. The quantitative estimate of drug-likeness (QED) is 0.908. The highest BCUT2D eigenvalue weighted by Gasteiger charge is 2.25. The van der Waals surface area contributed by atoms with Crippen LogP contribution in [-0.2, 0) is 0 Å². The van der Waals surface area contributed by atoms with E-state index in [0.717, 1.165) is 25.3 Å². The van der Waals surface area contributed by atoms with E-state index in [4.69, 9.17) is 10.5 Å². The van der Waals surface area contributed by atoms with Crippen molar-refractivity contribution < 1.29 is 4.74 Å². The Kier molecular flexibility index (Phi) is 4.12. The molecule has 106 valence electrons. The number of hydrogen-bond acceptors (Lipinski definition) is 5. The number of nitrogens with two attached hydrogens (primary N) is 1. The Morgan fingerprint density at radius 3 is 2.84 bits per heavy atom. The molecule has 0 amide bonds. The monoisotopic (exact) mass is 264 g/mol. The van der Waals surface area contributed by atoms with Gasteiger partial charge in [0.05, 0.1) is 6.61 Å². The van der Waals surface area contributed by atoms with E-state index in [0.29, 0.717) is 23.6 Å². The van der Waals surface area contributed by atoms with Gasteiger partial charge in [-0.2, -0.15) is 4.98 Å². The molecular weight excluding hydrogens is 240 g/mol. The molecule has 5 heteroatoms. The molecule has 0 aliphatic carbocycles. The van der Waals surface area contributed by atoms with Crippen LogP contribution in [0.5, 0.6) is 5.88 Å². The Morgan fingerprint density at radius 1 is 1.32 bits per heavy atom. The van der Waals surface area contributed by atoms with E-state index >= 15 is 0 Å². The van der Waals surface area contributed by atoms with Crippen LogP contribution >= 0.6 is 0 Å². The van der Waals surface area contributed by atoms with Crippen molar-refractivity contribution in [2.45, 2.75) is 40.0 Å². The number of nitrogen functional groups attached to an aromatic ring is 1. The van der Waals surface area contributed by atoms with Crippen molar-refractivity contribution in [3.05, 3.63) is 6.33 Å². The molecular formula is C14H24N4O. The topological polar surface area (TPSA) is 64.3 Å². The van der Waals surface area contributed by atoms with Crippen LogP contribution in [0.1, 0.15) is 40.0 Å². The summed E-state index contributed by atoms with van der Waals surface area (Å²) >= 11 is 0. The summed E-state index contributed by atoms with van der Waals surface area (Å²) in [6.07, 6.45) is 5.10. The standard InChI is InChI=1S/C14H24N4O/c1-4-19-13-11(15)12(16-10-17-13)18-8-5-6-14(2,3)7-9-18/h10H,4-9,15H2,1-3H3. The molecule has 1 aromatic rings. The number of ether oxygens (including phenoxy) is 1. The Labute approximate surface area is 115 Å². The molecule has 0 aromatic carbocycles. The molecule has 1 aliphatic rings. The van der Waals surface area contributed by atoms with Crippen molar-refractivity contribution in [1.29, 1.82) is 0 Å². The van der Waals surface area contributed by atoms with Crippen molar-refractivity contribution in [2.24, 2.45) is 5.41 Å². The van der Waals surface area contributed by atoms with Gasteiger partial charge in [-0.3, -0.25) is 0 Å². The van der Waals surface area contributed by atoms with Crippen molar-refractivity contribution in [3.63, 3.8) is 0 Å². The van der Waals surface area contributed by atoms with E-state index in [2.05, 4.69) is 28.7 Å². The van der Waals surface area contributed by atoms with Crippen LogP contribution in [0, 0.1) is 5.41 Å². The maximum Gasteiger partial charge on any atom is 0.242 e. The highest BCUT2D eigenvalue weighted by Crippen LogP contribution is 2.34. The van der Waals surface area contributed by atoms with Crippen LogP contribution in [0.4, 0.5) is 11.5 Å². The Hall–Kier alpha value is -1.52. The fourth-order valence-electron chi connectivity index (χ4n) is 2.51. The van der Waals surface area contributed by atoms with Crippen LogP contribution in [0.3, 0.4) is 0 Å². The molecule has 1 fully saturated rings. The molecule has 0 radical (unpaired) electrons. The minimum atomic E-state index is 0.402. The van der Waals surface area contributed by atoms with E-state index in [9.17, 15) is 0 Å². The van der Waals surface area contributed by atoms with Crippen LogP contribution in [0.2, 0.25) is 0 Å². The van der Waals surface area contributed by atoms with Gasteiger partial charge < -0.3 is 15.4 Å². The average Bonchev–Trinajstić information content (AvgIpc) is 2.53. The first-order valence-corrected chi connectivity index (χ1v) is 7.02. The summed E-state index contributed by atoms with van der Waals surface area (Å²) < 4.78 is 5.44. The van der Waals surface area contributed by atoms with Gasteiger partial charge >= 0.3 is 0 Å². The van der Waals surface area contributed by atoms with E-state index in [-0.39, 0.29) is 0 Å². The first-order chi connectivity index (χ1) is 9.03. The molecule has 0 spiro atoms. The minimum absolute atomic E-state index is 0.402. The van der Waals surface area contributed by atoms with E-state index in [1.165, 1.54) is 19.2 Å². The third-order valence-corrected chi connectivity index (χ3v) is 3.75. The maximum absolute atomic E-state index is 6.13. The number of rotatable bonds is 3. The minimum Gasteiger partial charge on any atom is -0.476 e. The molecule has 1 saturated heterocycles. The number of anilines is 2. The Morgan fingerprint density at radius 2 is 2.11 bits per heavy atom. The predicted molar refractivity (Wildman–Crippen MR) is 77.5 cm³/mol. The van der Waals surface area contributed by atoms with Gasteiger partial charge in [-0.15, -0.1) is 0 Å². The van der Waals surface area contributed by atoms with E-state index in [1.807, 2.05) is 6.92 Å². The summed E-state index contributed by atoms with van der Waals surface area (Å²) in [7, 11) is 0. The lowest BCUT2D eigenvalue weighted by atomic mass is 9.85. The van der Waals surface area contributed by atoms with Crippen molar-refractivity contribution in [1.82, 2.24) is 9.97 Å². The summed E-state index contributed by atoms with van der Waals surface area (Å²) in [5, 5.41) is 0. The zero-order chi connectivity index (χ0) is 13.9. The smallest absolute Gasteiger partial charge is 0.242 e. The van der Waals surface area contributed by atoms with Crippen LogP contribution in [0.15, 0.2) is 6.33 Å². The molecule has 0 bridgehead atoms. The molecule has 2 heterocycles. The molecule has 2 N–H and O–H groups in total. The largest absolute Gasteiger partial charge is 0.476 e. The second-order valence-electron chi connectivity index (χ2n) is 5.85. The molecule has 1 aliphatic heterocycles. The second kappa shape index (κ2) is 5.63. The Bertz CT molecular complexity index is 433. The molecule has 5 nitrogen and oxygen atoms in total. The first kappa shape index (κ1) is 13.9. The summed E-state index contributed by atoms with van der Waals surface area (Å²) in [4.78, 5) is 10.7. The zero-order valence-electron chi connectivity index (χ0n) is 12.1. The van der Waals surface area contributed by atoms with Gasteiger partial charge in [0.15, 0.2) is 5.82 Å². The van der Waals surface area contributed by atoms with Crippen molar-refractivity contribution >= 4 is 11.5 Å². The maximum atomic E-state index is 6.13. The zero-order valence-corrected chi connectivity index (χ0v) is 12.1. The highest BCUT2D eigenvalue weighted by molar-refractivity contribution is 5.67. The molecule has 2 rings (SSSR count). The number of nitrogens with zero attached hydrogens (tertiary/aromatic N) is 3. The third-order valence-electron chi connectivity index (χ3n) is 3.75. The van der Waals surface area contributed by atoms with Crippen molar-refractivity contribution in [2.75, 3.05) is 30.3 Å². The van der Waals surface area contributed by atoms with Crippen LogP contribution in [-0.4, -0.2) is 29.7 Å². The van der Waals surface area contributed by atoms with Gasteiger partial charge in [-0.25, -0.2) is 4.98 Å². The Balaban J connectivity index is 2.19. The van der Waals surface area contributed by atoms with Crippen LogP contribution in [0.25, 0.3) is 0 Å².